The van der Waals surface area contributed by atoms with E-state index in [1.54, 1.807) is 0 Å². The van der Waals surface area contributed by atoms with Gasteiger partial charge in [-0.05, 0) is 43.5 Å². The van der Waals surface area contributed by atoms with E-state index < -0.39 is 0 Å². The monoisotopic (exact) mass is 232 g/mol. The van der Waals surface area contributed by atoms with Crippen molar-refractivity contribution in [1.82, 2.24) is 5.32 Å². The fourth-order valence-electron chi connectivity index (χ4n) is 2.69. The van der Waals surface area contributed by atoms with E-state index in [1.165, 1.54) is 30.8 Å². The first kappa shape index (κ1) is 12.4. The molecule has 1 aliphatic heterocycles. The van der Waals surface area contributed by atoms with Crippen LogP contribution in [0.1, 0.15) is 38.3 Å². The Morgan fingerprint density at radius 3 is 2.53 bits per heavy atom. The molecule has 2 heteroatoms. The molecule has 94 valence electrons. The van der Waals surface area contributed by atoms with E-state index in [0.717, 1.165) is 12.3 Å². The van der Waals surface area contributed by atoms with Crippen LogP contribution >= 0.6 is 0 Å². The van der Waals surface area contributed by atoms with Crippen LogP contribution in [0.3, 0.4) is 0 Å². The molecule has 1 aromatic carbocycles. The fraction of sp³-hybridized carbons (Fsp3) is 0.600. The van der Waals surface area contributed by atoms with Crippen molar-refractivity contribution in [2.75, 3.05) is 25.0 Å². The molecule has 1 fully saturated rings. The van der Waals surface area contributed by atoms with Crippen LogP contribution in [0.25, 0.3) is 0 Å². The second-order valence-electron chi connectivity index (χ2n) is 5.18. The van der Waals surface area contributed by atoms with Crippen LogP contribution in [0.5, 0.6) is 0 Å². The highest BCUT2D eigenvalue weighted by atomic mass is 15.1. The molecule has 0 aliphatic carbocycles. The molecule has 2 rings (SSSR count). The molecule has 1 heterocycles. The largest absolute Gasteiger partial charge is 0.371 e. The first-order valence-corrected chi connectivity index (χ1v) is 6.76. The lowest BCUT2D eigenvalue weighted by Crippen LogP contribution is -2.19. The van der Waals surface area contributed by atoms with E-state index in [1.807, 2.05) is 7.05 Å². The first-order valence-electron chi connectivity index (χ1n) is 6.76. The number of hydrogen-bond acceptors (Lipinski definition) is 2. The van der Waals surface area contributed by atoms with E-state index in [2.05, 4.69) is 48.3 Å². The maximum atomic E-state index is 3.35. The Morgan fingerprint density at radius 1 is 1.35 bits per heavy atom. The van der Waals surface area contributed by atoms with Gasteiger partial charge in [-0.25, -0.2) is 0 Å². The Labute approximate surface area is 105 Å². The average molecular weight is 232 g/mol. The number of nitrogens with one attached hydrogen (secondary N) is 1. The van der Waals surface area contributed by atoms with Crippen molar-refractivity contribution in [3.8, 4) is 0 Å². The minimum absolute atomic E-state index is 0.488. The molecule has 2 nitrogen and oxygen atoms in total. The lowest BCUT2D eigenvalue weighted by atomic mass is 10.0. The molecular formula is C15H24N2. The van der Waals surface area contributed by atoms with E-state index in [9.17, 15) is 0 Å². The normalized spacial score (nSPS) is 21.8. The number of hydrogen-bond donors (Lipinski definition) is 1. The second kappa shape index (κ2) is 5.54. The highest BCUT2D eigenvalue weighted by Gasteiger charge is 2.18. The van der Waals surface area contributed by atoms with Crippen molar-refractivity contribution in [3.63, 3.8) is 0 Å². The van der Waals surface area contributed by atoms with Crippen molar-refractivity contribution in [1.29, 1.82) is 0 Å². The zero-order chi connectivity index (χ0) is 12.3. The summed E-state index contributed by atoms with van der Waals surface area (Å²) in [6.07, 6.45) is 2.46. The van der Waals surface area contributed by atoms with Gasteiger partial charge >= 0.3 is 0 Å². The molecule has 0 bridgehead atoms. The molecule has 0 radical (unpaired) electrons. The molecule has 17 heavy (non-hydrogen) atoms. The third-order valence-electron chi connectivity index (χ3n) is 3.84. The number of benzene rings is 1. The molecule has 1 aliphatic rings. The van der Waals surface area contributed by atoms with Gasteiger partial charge in [0, 0.05) is 24.8 Å². The Kier molecular flexibility index (Phi) is 4.06. The standard InChI is InChI=1S/C15H24N2/c1-4-15(16-3)13-5-7-14(8-6-13)17-10-9-12(2)11-17/h5-8,12,15-16H,4,9-11H2,1-3H3. The first-order chi connectivity index (χ1) is 8.24. The molecule has 2 unspecified atom stereocenters. The number of anilines is 1. The predicted molar refractivity (Wildman–Crippen MR) is 74.5 cm³/mol. The van der Waals surface area contributed by atoms with Gasteiger partial charge in [-0.2, -0.15) is 0 Å². The minimum Gasteiger partial charge on any atom is -0.371 e. The molecule has 1 N–H and O–H groups in total. The van der Waals surface area contributed by atoms with Crippen molar-refractivity contribution >= 4 is 5.69 Å². The summed E-state index contributed by atoms with van der Waals surface area (Å²) in [6.45, 7) is 6.98. The molecule has 1 saturated heterocycles. The van der Waals surface area contributed by atoms with Crippen LogP contribution in [-0.2, 0) is 0 Å². The smallest absolute Gasteiger partial charge is 0.0366 e. The number of nitrogens with zero attached hydrogens (tertiary/aromatic N) is 1. The van der Waals surface area contributed by atoms with Gasteiger partial charge < -0.3 is 10.2 Å². The van der Waals surface area contributed by atoms with Gasteiger partial charge in [-0.1, -0.05) is 26.0 Å². The van der Waals surface area contributed by atoms with Crippen molar-refractivity contribution in [2.45, 2.75) is 32.7 Å². The summed E-state index contributed by atoms with van der Waals surface area (Å²) in [5, 5.41) is 3.35. The Balaban J connectivity index is 2.07. The highest BCUT2D eigenvalue weighted by molar-refractivity contribution is 5.48. The lowest BCUT2D eigenvalue weighted by Gasteiger charge is -2.20. The molecule has 0 saturated carbocycles. The van der Waals surface area contributed by atoms with E-state index in [-0.39, 0.29) is 0 Å². The SMILES string of the molecule is CCC(NC)c1ccc(N2CCC(C)C2)cc1. The fourth-order valence-corrected chi connectivity index (χ4v) is 2.69. The van der Waals surface area contributed by atoms with Crippen molar-refractivity contribution < 1.29 is 0 Å². The third-order valence-corrected chi connectivity index (χ3v) is 3.84. The zero-order valence-corrected chi connectivity index (χ0v) is 11.2. The molecular weight excluding hydrogens is 208 g/mol. The molecule has 0 spiro atoms. The summed E-state index contributed by atoms with van der Waals surface area (Å²) in [7, 11) is 2.03. The molecule has 0 aromatic heterocycles. The van der Waals surface area contributed by atoms with Gasteiger partial charge in [0.2, 0.25) is 0 Å². The Bertz CT molecular complexity index is 340. The van der Waals surface area contributed by atoms with Gasteiger partial charge in [0.05, 0.1) is 0 Å². The highest BCUT2D eigenvalue weighted by Crippen LogP contribution is 2.25. The summed E-state index contributed by atoms with van der Waals surface area (Å²) in [6, 6.07) is 9.56. The molecule has 1 aromatic rings. The maximum Gasteiger partial charge on any atom is 0.0366 e. The van der Waals surface area contributed by atoms with Crippen LogP contribution < -0.4 is 10.2 Å². The van der Waals surface area contributed by atoms with Gasteiger partial charge in [0.15, 0.2) is 0 Å². The summed E-state index contributed by atoms with van der Waals surface area (Å²) in [5.41, 5.74) is 2.77. The average Bonchev–Trinajstić information content (AvgIpc) is 2.78. The predicted octanol–water partition coefficient (Wildman–Crippen LogP) is 3.20. The van der Waals surface area contributed by atoms with Gasteiger partial charge in [0.25, 0.3) is 0 Å². The summed E-state index contributed by atoms with van der Waals surface area (Å²) in [4.78, 5) is 2.49. The second-order valence-corrected chi connectivity index (χ2v) is 5.18. The molecule has 2 atom stereocenters. The third kappa shape index (κ3) is 2.81. The minimum atomic E-state index is 0.488. The van der Waals surface area contributed by atoms with Gasteiger partial charge in [-0.3, -0.25) is 0 Å². The van der Waals surface area contributed by atoms with Crippen LogP contribution in [0.4, 0.5) is 5.69 Å². The summed E-state index contributed by atoms with van der Waals surface area (Å²) < 4.78 is 0. The Morgan fingerprint density at radius 2 is 2.06 bits per heavy atom. The lowest BCUT2D eigenvalue weighted by molar-refractivity contribution is 0.577. The van der Waals surface area contributed by atoms with Crippen LogP contribution in [0.15, 0.2) is 24.3 Å². The van der Waals surface area contributed by atoms with E-state index in [0.29, 0.717) is 6.04 Å². The van der Waals surface area contributed by atoms with E-state index >= 15 is 0 Å². The molecule has 0 amide bonds. The topological polar surface area (TPSA) is 15.3 Å². The zero-order valence-electron chi connectivity index (χ0n) is 11.2. The van der Waals surface area contributed by atoms with Gasteiger partial charge in [-0.15, -0.1) is 0 Å². The number of rotatable bonds is 4. The van der Waals surface area contributed by atoms with Crippen LogP contribution in [0, 0.1) is 5.92 Å². The van der Waals surface area contributed by atoms with Gasteiger partial charge in [0.1, 0.15) is 0 Å². The van der Waals surface area contributed by atoms with E-state index in [4.69, 9.17) is 0 Å². The van der Waals surface area contributed by atoms with Crippen LogP contribution in [-0.4, -0.2) is 20.1 Å². The van der Waals surface area contributed by atoms with Crippen LogP contribution in [0.2, 0.25) is 0 Å². The van der Waals surface area contributed by atoms with Crippen molar-refractivity contribution in [2.24, 2.45) is 5.92 Å². The quantitative estimate of drug-likeness (QED) is 0.857. The Hall–Kier alpha value is -1.02. The summed E-state index contributed by atoms with van der Waals surface area (Å²) in [5.74, 6) is 0.843. The maximum absolute atomic E-state index is 3.35. The summed E-state index contributed by atoms with van der Waals surface area (Å²) >= 11 is 0. The van der Waals surface area contributed by atoms with Crippen molar-refractivity contribution in [3.05, 3.63) is 29.8 Å².